The van der Waals surface area contributed by atoms with Crippen molar-refractivity contribution in [2.75, 3.05) is 11.9 Å². The second-order valence-electron chi connectivity index (χ2n) is 4.42. The highest BCUT2D eigenvalue weighted by molar-refractivity contribution is 6.31. The predicted octanol–water partition coefficient (Wildman–Crippen LogP) is 4.12. The van der Waals surface area contributed by atoms with Crippen LogP contribution in [0.2, 0.25) is 10.0 Å². The fourth-order valence-corrected chi connectivity index (χ4v) is 2.40. The summed E-state index contributed by atoms with van der Waals surface area (Å²) >= 11 is 12.0. The van der Waals surface area contributed by atoms with Gasteiger partial charge in [-0.2, -0.15) is 0 Å². The molecule has 0 unspecified atom stereocenters. The van der Waals surface area contributed by atoms with Gasteiger partial charge in [0.25, 0.3) is 0 Å². The number of hydrogen-bond acceptors (Lipinski definition) is 2. The van der Waals surface area contributed by atoms with Crippen LogP contribution in [-0.4, -0.2) is 12.2 Å². The Kier molecular flexibility index (Phi) is 4.70. The van der Waals surface area contributed by atoms with Crippen molar-refractivity contribution in [1.29, 1.82) is 0 Å². The van der Waals surface area contributed by atoms with Gasteiger partial charge in [0, 0.05) is 34.9 Å². The first-order valence-electron chi connectivity index (χ1n) is 5.95. The average molecular weight is 296 g/mol. The van der Waals surface area contributed by atoms with E-state index in [9.17, 15) is 5.11 Å². The van der Waals surface area contributed by atoms with Gasteiger partial charge in [-0.15, -0.1) is 0 Å². The molecule has 0 bridgehead atoms. The predicted molar refractivity (Wildman–Crippen MR) is 80.9 cm³/mol. The zero-order valence-corrected chi connectivity index (χ0v) is 12.1. The SMILES string of the molecule is CN(Cc1cccc(Cl)c1)c1cc(Cl)ccc1CO. The highest BCUT2D eigenvalue weighted by Crippen LogP contribution is 2.25. The van der Waals surface area contributed by atoms with Crippen molar-refractivity contribution < 1.29 is 5.11 Å². The van der Waals surface area contributed by atoms with Crippen LogP contribution >= 0.6 is 23.2 Å². The summed E-state index contributed by atoms with van der Waals surface area (Å²) in [6.45, 7) is 0.695. The van der Waals surface area contributed by atoms with Crippen LogP contribution in [0.15, 0.2) is 42.5 Å². The molecule has 0 aliphatic carbocycles. The van der Waals surface area contributed by atoms with Gasteiger partial charge in [-0.05, 0) is 29.8 Å². The number of hydrogen-bond donors (Lipinski definition) is 1. The van der Waals surface area contributed by atoms with E-state index in [-0.39, 0.29) is 6.61 Å². The van der Waals surface area contributed by atoms with E-state index in [2.05, 4.69) is 0 Å². The summed E-state index contributed by atoms with van der Waals surface area (Å²) in [6, 6.07) is 13.2. The molecule has 0 fully saturated rings. The van der Waals surface area contributed by atoms with E-state index in [1.165, 1.54) is 0 Å². The molecule has 2 aromatic carbocycles. The van der Waals surface area contributed by atoms with E-state index in [0.29, 0.717) is 11.6 Å². The van der Waals surface area contributed by atoms with Gasteiger partial charge in [0.15, 0.2) is 0 Å². The fraction of sp³-hybridized carbons (Fsp3) is 0.200. The quantitative estimate of drug-likeness (QED) is 0.917. The Hall–Kier alpha value is -1.22. The van der Waals surface area contributed by atoms with Gasteiger partial charge >= 0.3 is 0 Å². The summed E-state index contributed by atoms with van der Waals surface area (Å²) in [6.07, 6.45) is 0. The molecule has 0 aliphatic rings. The minimum absolute atomic E-state index is 0.00755. The van der Waals surface area contributed by atoms with Crippen molar-refractivity contribution >= 4 is 28.9 Å². The zero-order chi connectivity index (χ0) is 13.8. The maximum absolute atomic E-state index is 9.38. The molecule has 0 saturated heterocycles. The molecule has 19 heavy (non-hydrogen) atoms. The van der Waals surface area contributed by atoms with Gasteiger partial charge in [-0.1, -0.05) is 41.4 Å². The maximum Gasteiger partial charge on any atom is 0.0702 e. The Morgan fingerprint density at radius 2 is 1.79 bits per heavy atom. The van der Waals surface area contributed by atoms with E-state index >= 15 is 0 Å². The third kappa shape index (κ3) is 3.63. The van der Waals surface area contributed by atoms with Gasteiger partial charge in [-0.25, -0.2) is 0 Å². The summed E-state index contributed by atoms with van der Waals surface area (Å²) in [5.74, 6) is 0. The number of rotatable bonds is 4. The van der Waals surface area contributed by atoms with Gasteiger partial charge in [-0.3, -0.25) is 0 Å². The van der Waals surface area contributed by atoms with Crippen LogP contribution in [0.5, 0.6) is 0 Å². The number of nitrogens with zero attached hydrogens (tertiary/aromatic N) is 1. The monoisotopic (exact) mass is 295 g/mol. The molecule has 100 valence electrons. The maximum atomic E-state index is 9.38. The van der Waals surface area contributed by atoms with Crippen LogP contribution < -0.4 is 4.90 Å². The summed E-state index contributed by atoms with van der Waals surface area (Å²) in [7, 11) is 1.96. The van der Waals surface area contributed by atoms with Gasteiger partial charge in [0.1, 0.15) is 0 Å². The first-order chi connectivity index (χ1) is 9.10. The third-order valence-corrected chi connectivity index (χ3v) is 3.41. The molecule has 1 N–H and O–H groups in total. The lowest BCUT2D eigenvalue weighted by atomic mass is 10.1. The van der Waals surface area contributed by atoms with Crippen LogP contribution in [-0.2, 0) is 13.2 Å². The Morgan fingerprint density at radius 3 is 2.47 bits per heavy atom. The van der Waals surface area contributed by atoms with E-state index in [1.807, 2.05) is 48.3 Å². The molecule has 0 aliphatic heterocycles. The second-order valence-corrected chi connectivity index (χ2v) is 5.29. The second kappa shape index (κ2) is 6.29. The number of halogens is 2. The van der Waals surface area contributed by atoms with Gasteiger partial charge in [0.05, 0.1) is 6.61 Å². The van der Waals surface area contributed by atoms with E-state index in [0.717, 1.165) is 21.8 Å². The lowest BCUT2D eigenvalue weighted by Gasteiger charge is -2.22. The summed E-state index contributed by atoms with van der Waals surface area (Å²) in [5, 5.41) is 10.8. The van der Waals surface area contributed by atoms with Crippen molar-refractivity contribution in [3.8, 4) is 0 Å². The number of benzene rings is 2. The average Bonchev–Trinajstić information content (AvgIpc) is 2.38. The van der Waals surface area contributed by atoms with Gasteiger partial charge in [0.2, 0.25) is 0 Å². The van der Waals surface area contributed by atoms with Crippen LogP contribution in [0.4, 0.5) is 5.69 Å². The molecule has 2 rings (SSSR count). The van der Waals surface area contributed by atoms with Crippen molar-refractivity contribution in [2.45, 2.75) is 13.2 Å². The summed E-state index contributed by atoms with van der Waals surface area (Å²) < 4.78 is 0. The van der Waals surface area contributed by atoms with E-state index < -0.39 is 0 Å². The first-order valence-corrected chi connectivity index (χ1v) is 6.70. The standard InChI is InChI=1S/C15H15Cl2NO/c1-18(9-11-3-2-4-13(16)7-11)15-8-14(17)6-5-12(15)10-19/h2-8,19H,9-10H2,1H3. The number of aliphatic hydroxyl groups is 1. The summed E-state index contributed by atoms with van der Waals surface area (Å²) in [5.41, 5.74) is 2.89. The van der Waals surface area contributed by atoms with Crippen molar-refractivity contribution in [2.24, 2.45) is 0 Å². The third-order valence-electron chi connectivity index (χ3n) is 2.94. The van der Waals surface area contributed by atoms with Crippen molar-refractivity contribution in [1.82, 2.24) is 0 Å². The molecule has 0 amide bonds. The summed E-state index contributed by atoms with van der Waals surface area (Å²) in [4.78, 5) is 2.04. The van der Waals surface area contributed by atoms with Crippen molar-refractivity contribution in [3.63, 3.8) is 0 Å². The molecular formula is C15H15Cl2NO. The Morgan fingerprint density at radius 1 is 1.05 bits per heavy atom. The Balaban J connectivity index is 2.24. The van der Waals surface area contributed by atoms with Crippen LogP contribution in [0, 0.1) is 0 Å². The molecule has 0 radical (unpaired) electrons. The molecular weight excluding hydrogens is 281 g/mol. The molecule has 4 heteroatoms. The van der Waals surface area contributed by atoms with E-state index in [4.69, 9.17) is 23.2 Å². The molecule has 2 aromatic rings. The van der Waals surface area contributed by atoms with E-state index in [1.54, 1.807) is 6.07 Å². The topological polar surface area (TPSA) is 23.5 Å². The van der Waals surface area contributed by atoms with Crippen LogP contribution in [0.25, 0.3) is 0 Å². The highest BCUT2D eigenvalue weighted by atomic mass is 35.5. The minimum Gasteiger partial charge on any atom is -0.392 e. The van der Waals surface area contributed by atoms with Gasteiger partial charge < -0.3 is 10.0 Å². The minimum atomic E-state index is -0.00755. The first kappa shape index (κ1) is 14.2. The number of anilines is 1. The molecule has 2 nitrogen and oxygen atoms in total. The lowest BCUT2D eigenvalue weighted by molar-refractivity contribution is 0.282. The normalized spacial score (nSPS) is 10.5. The van der Waals surface area contributed by atoms with Crippen LogP contribution in [0.3, 0.4) is 0 Å². The van der Waals surface area contributed by atoms with Crippen LogP contribution in [0.1, 0.15) is 11.1 Å². The molecule has 0 spiro atoms. The molecule has 0 aromatic heterocycles. The lowest BCUT2D eigenvalue weighted by Crippen LogP contribution is -2.18. The Bertz CT molecular complexity index is 572. The smallest absolute Gasteiger partial charge is 0.0702 e. The molecule has 0 saturated carbocycles. The zero-order valence-electron chi connectivity index (χ0n) is 10.6. The fourth-order valence-electron chi connectivity index (χ4n) is 2.02. The molecule has 0 heterocycles. The Labute approximate surface area is 123 Å². The van der Waals surface area contributed by atoms with Crippen molar-refractivity contribution in [3.05, 3.63) is 63.6 Å². The largest absolute Gasteiger partial charge is 0.392 e. The highest BCUT2D eigenvalue weighted by Gasteiger charge is 2.08. The molecule has 0 atom stereocenters. The number of aliphatic hydroxyl groups excluding tert-OH is 1.